The maximum absolute atomic E-state index is 4.42. The van der Waals surface area contributed by atoms with Gasteiger partial charge in [0.15, 0.2) is 0 Å². The highest BCUT2D eigenvalue weighted by molar-refractivity contribution is 5.35. The molecule has 0 bridgehead atoms. The second-order valence-electron chi connectivity index (χ2n) is 5.20. The number of hydrogen-bond acceptors (Lipinski definition) is 3. The van der Waals surface area contributed by atoms with E-state index in [1.807, 2.05) is 6.20 Å². The first kappa shape index (κ1) is 12.4. The van der Waals surface area contributed by atoms with Gasteiger partial charge in [0.1, 0.15) is 5.82 Å². The van der Waals surface area contributed by atoms with Gasteiger partial charge in [-0.1, -0.05) is 13.0 Å². The van der Waals surface area contributed by atoms with E-state index in [4.69, 9.17) is 0 Å². The minimum Gasteiger partial charge on any atom is -0.370 e. The molecule has 17 heavy (non-hydrogen) atoms. The zero-order valence-corrected chi connectivity index (χ0v) is 11.1. The topological polar surface area (TPSA) is 28.2 Å². The fourth-order valence-corrected chi connectivity index (χ4v) is 2.64. The fraction of sp³-hybridized carbons (Fsp3) is 0.643. The Kier molecular flexibility index (Phi) is 4.00. The molecule has 0 aliphatic carbocycles. The second kappa shape index (κ2) is 5.50. The monoisotopic (exact) mass is 233 g/mol. The van der Waals surface area contributed by atoms with Gasteiger partial charge in [-0.25, -0.2) is 4.98 Å². The molecule has 0 spiro atoms. The molecule has 1 N–H and O–H groups in total. The first-order valence-corrected chi connectivity index (χ1v) is 6.62. The van der Waals surface area contributed by atoms with Gasteiger partial charge in [-0.3, -0.25) is 4.90 Å². The van der Waals surface area contributed by atoms with Crippen LogP contribution in [0.1, 0.15) is 32.8 Å². The van der Waals surface area contributed by atoms with Gasteiger partial charge in [0.05, 0.1) is 0 Å². The van der Waals surface area contributed by atoms with Crippen LogP contribution in [0.25, 0.3) is 0 Å². The number of nitrogens with one attached hydrogen (secondary N) is 1. The van der Waals surface area contributed by atoms with E-state index in [1.165, 1.54) is 18.5 Å². The molecule has 0 amide bonds. The molecule has 94 valence electrons. The molecule has 1 aromatic rings. The molecule has 3 nitrogen and oxygen atoms in total. The lowest BCUT2D eigenvalue weighted by Crippen LogP contribution is -2.26. The summed E-state index contributed by atoms with van der Waals surface area (Å²) in [7, 11) is 0. The van der Waals surface area contributed by atoms with Crippen molar-refractivity contribution in [3.8, 4) is 0 Å². The standard InChI is InChI=1S/C14H23N3/c1-4-15-14-6-5-13(8-16-14)10-17-9-11(2)7-12(17)3/h5-6,8,11-12H,4,7,9-10H2,1-3H3,(H,15,16). The van der Waals surface area contributed by atoms with E-state index in [2.05, 4.69) is 48.1 Å². The Labute approximate surface area is 104 Å². The molecule has 2 rings (SSSR count). The van der Waals surface area contributed by atoms with E-state index >= 15 is 0 Å². The predicted molar refractivity (Wildman–Crippen MR) is 72.1 cm³/mol. The van der Waals surface area contributed by atoms with E-state index in [0.29, 0.717) is 6.04 Å². The highest BCUT2D eigenvalue weighted by Gasteiger charge is 2.25. The number of anilines is 1. The van der Waals surface area contributed by atoms with Crippen LogP contribution in [-0.2, 0) is 6.54 Å². The fourth-order valence-electron chi connectivity index (χ4n) is 2.64. The largest absolute Gasteiger partial charge is 0.370 e. The van der Waals surface area contributed by atoms with Crippen LogP contribution in [0.4, 0.5) is 5.82 Å². The highest BCUT2D eigenvalue weighted by Crippen LogP contribution is 2.24. The van der Waals surface area contributed by atoms with Gasteiger partial charge in [0.2, 0.25) is 0 Å². The quantitative estimate of drug-likeness (QED) is 0.866. The Morgan fingerprint density at radius 2 is 2.24 bits per heavy atom. The molecular formula is C14H23N3. The molecule has 1 fully saturated rings. The van der Waals surface area contributed by atoms with Crippen molar-refractivity contribution >= 4 is 5.82 Å². The van der Waals surface area contributed by atoms with Crippen LogP contribution in [0.15, 0.2) is 18.3 Å². The Morgan fingerprint density at radius 3 is 2.76 bits per heavy atom. The summed E-state index contributed by atoms with van der Waals surface area (Å²) >= 11 is 0. The van der Waals surface area contributed by atoms with Crippen molar-refractivity contribution in [2.45, 2.75) is 39.8 Å². The zero-order valence-electron chi connectivity index (χ0n) is 11.1. The summed E-state index contributed by atoms with van der Waals surface area (Å²) in [6.07, 6.45) is 3.32. The Balaban J connectivity index is 1.94. The third-order valence-electron chi connectivity index (χ3n) is 3.48. The second-order valence-corrected chi connectivity index (χ2v) is 5.20. The smallest absolute Gasteiger partial charge is 0.125 e. The Bertz CT molecular complexity index is 347. The third-order valence-corrected chi connectivity index (χ3v) is 3.48. The van der Waals surface area contributed by atoms with Crippen LogP contribution in [0.5, 0.6) is 0 Å². The van der Waals surface area contributed by atoms with Crippen molar-refractivity contribution < 1.29 is 0 Å². The number of nitrogens with zero attached hydrogens (tertiary/aromatic N) is 2. The van der Waals surface area contributed by atoms with Gasteiger partial charge in [-0.05, 0) is 37.8 Å². The van der Waals surface area contributed by atoms with Crippen molar-refractivity contribution in [2.75, 3.05) is 18.4 Å². The number of rotatable bonds is 4. The number of aromatic nitrogens is 1. The lowest BCUT2D eigenvalue weighted by atomic mass is 10.1. The highest BCUT2D eigenvalue weighted by atomic mass is 15.2. The van der Waals surface area contributed by atoms with Crippen LogP contribution in [0.2, 0.25) is 0 Å². The molecule has 0 saturated carbocycles. The molecule has 2 heterocycles. The van der Waals surface area contributed by atoms with Gasteiger partial charge in [-0.15, -0.1) is 0 Å². The van der Waals surface area contributed by atoms with E-state index in [1.54, 1.807) is 0 Å². The van der Waals surface area contributed by atoms with Crippen LogP contribution in [-0.4, -0.2) is 29.0 Å². The van der Waals surface area contributed by atoms with Gasteiger partial charge in [0, 0.05) is 31.9 Å². The summed E-state index contributed by atoms with van der Waals surface area (Å²) in [6.45, 7) is 9.92. The maximum atomic E-state index is 4.42. The summed E-state index contributed by atoms with van der Waals surface area (Å²) in [6, 6.07) is 4.96. The maximum Gasteiger partial charge on any atom is 0.125 e. The average Bonchev–Trinajstić information content (AvgIpc) is 2.61. The van der Waals surface area contributed by atoms with E-state index in [-0.39, 0.29) is 0 Å². The van der Waals surface area contributed by atoms with Crippen LogP contribution >= 0.6 is 0 Å². The molecule has 1 saturated heterocycles. The molecule has 1 aliphatic heterocycles. The minimum absolute atomic E-state index is 0.707. The summed E-state index contributed by atoms with van der Waals surface area (Å²) < 4.78 is 0. The summed E-state index contributed by atoms with van der Waals surface area (Å²) in [5.74, 6) is 1.80. The average molecular weight is 233 g/mol. The molecule has 1 aliphatic rings. The van der Waals surface area contributed by atoms with Crippen molar-refractivity contribution in [3.63, 3.8) is 0 Å². The van der Waals surface area contributed by atoms with E-state index in [0.717, 1.165) is 24.8 Å². The van der Waals surface area contributed by atoms with Gasteiger partial charge >= 0.3 is 0 Å². The first-order valence-electron chi connectivity index (χ1n) is 6.62. The molecular weight excluding hydrogens is 210 g/mol. The normalized spacial score (nSPS) is 25.1. The predicted octanol–water partition coefficient (Wildman–Crippen LogP) is 2.74. The van der Waals surface area contributed by atoms with Crippen molar-refractivity contribution in [1.82, 2.24) is 9.88 Å². The minimum atomic E-state index is 0.707. The van der Waals surface area contributed by atoms with Crippen LogP contribution < -0.4 is 5.32 Å². The van der Waals surface area contributed by atoms with Gasteiger partial charge < -0.3 is 5.32 Å². The van der Waals surface area contributed by atoms with Crippen molar-refractivity contribution in [2.24, 2.45) is 5.92 Å². The van der Waals surface area contributed by atoms with Gasteiger partial charge in [0.25, 0.3) is 0 Å². The molecule has 3 heteroatoms. The Morgan fingerprint density at radius 1 is 1.41 bits per heavy atom. The molecule has 0 radical (unpaired) electrons. The van der Waals surface area contributed by atoms with E-state index < -0.39 is 0 Å². The third kappa shape index (κ3) is 3.19. The van der Waals surface area contributed by atoms with Crippen LogP contribution in [0.3, 0.4) is 0 Å². The molecule has 2 atom stereocenters. The summed E-state index contributed by atoms with van der Waals surface area (Å²) in [5.41, 5.74) is 1.31. The number of likely N-dealkylation sites (tertiary alicyclic amines) is 1. The van der Waals surface area contributed by atoms with Gasteiger partial charge in [-0.2, -0.15) is 0 Å². The van der Waals surface area contributed by atoms with Crippen molar-refractivity contribution in [1.29, 1.82) is 0 Å². The SMILES string of the molecule is CCNc1ccc(CN2CC(C)CC2C)cn1. The van der Waals surface area contributed by atoms with Crippen LogP contribution in [0, 0.1) is 5.92 Å². The zero-order chi connectivity index (χ0) is 12.3. The lowest BCUT2D eigenvalue weighted by Gasteiger charge is -2.20. The first-order chi connectivity index (χ1) is 8.19. The molecule has 0 aromatic carbocycles. The van der Waals surface area contributed by atoms with Crippen molar-refractivity contribution in [3.05, 3.63) is 23.9 Å². The molecule has 1 aromatic heterocycles. The summed E-state index contributed by atoms with van der Waals surface area (Å²) in [5, 5.41) is 3.22. The number of hydrogen-bond donors (Lipinski definition) is 1. The van der Waals surface area contributed by atoms with E-state index in [9.17, 15) is 0 Å². The molecule has 2 unspecified atom stereocenters. The number of pyridine rings is 1. The lowest BCUT2D eigenvalue weighted by molar-refractivity contribution is 0.256. The summed E-state index contributed by atoms with van der Waals surface area (Å²) in [4.78, 5) is 6.97. The Hall–Kier alpha value is -1.09.